The molecule has 0 bridgehead atoms. The molecule has 0 saturated carbocycles. The number of nitrogens with two attached hydrogens (primary N) is 1. The molecule has 0 spiro atoms. The highest BCUT2D eigenvalue weighted by atomic mass is 79.9. The molecule has 86 valence electrons. The van der Waals surface area contributed by atoms with Crippen LogP contribution in [0.2, 0.25) is 0 Å². The molecule has 5 heteroatoms. The molecule has 17 heavy (non-hydrogen) atoms. The predicted octanol–water partition coefficient (Wildman–Crippen LogP) is 2.68. The number of carbonyl (C=O) groups is 1. The molecule has 0 fully saturated rings. The van der Waals surface area contributed by atoms with Gasteiger partial charge in [-0.15, -0.1) is 0 Å². The van der Waals surface area contributed by atoms with Crippen LogP contribution in [-0.4, -0.2) is 10.9 Å². The van der Waals surface area contributed by atoms with Gasteiger partial charge < -0.3 is 11.1 Å². The Kier molecular flexibility index (Phi) is 3.39. The number of nitrogens with one attached hydrogen (secondary N) is 1. The van der Waals surface area contributed by atoms with Gasteiger partial charge in [0.1, 0.15) is 0 Å². The molecule has 2 rings (SSSR count). The summed E-state index contributed by atoms with van der Waals surface area (Å²) in [5.74, 6) is -0.225. The molecular formula is C12H10BrN3O. The quantitative estimate of drug-likeness (QED) is 0.836. The van der Waals surface area contributed by atoms with Gasteiger partial charge in [0, 0.05) is 11.9 Å². The van der Waals surface area contributed by atoms with Gasteiger partial charge in [-0.25, -0.2) is 0 Å². The number of halogens is 1. The Balaban J connectivity index is 2.24. The number of nitrogen functional groups attached to an aromatic ring is 1. The molecule has 4 nitrogen and oxygen atoms in total. The van der Waals surface area contributed by atoms with Crippen molar-refractivity contribution in [3.8, 4) is 0 Å². The second kappa shape index (κ2) is 4.97. The number of anilines is 2. The number of aromatic nitrogens is 1. The highest BCUT2D eigenvalue weighted by molar-refractivity contribution is 9.10. The van der Waals surface area contributed by atoms with E-state index in [9.17, 15) is 4.79 Å². The first-order valence-corrected chi connectivity index (χ1v) is 5.73. The molecular weight excluding hydrogens is 282 g/mol. The second-order valence-electron chi connectivity index (χ2n) is 3.40. The summed E-state index contributed by atoms with van der Waals surface area (Å²) in [5, 5.41) is 2.74. The Hall–Kier alpha value is -1.88. The van der Waals surface area contributed by atoms with E-state index in [4.69, 9.17) is 5.73 Å². The minimum atomic E-state index is -0.225. The van der Waals surface area contributed by atoms with Crippen molar-refractivity contribution in [1.82, 2.24) is 4.98 Å². The number of amides is 1. The minimum Gasteiger partial charge on any atom is -0.398 e. The van der Waals surface area contributed by atoms with Crippen LogP contribution in [0, 0.1) is 0 Å². The normalized spacial score (nSPS) is 9.94. The number of hydrogen-bond donors (Lipinski definition) is 2. The fourth-order valence-corrected chi connectivity index (χ4v) is 1.80. The summed E-state index contributed by atoms with van der Waals surface area (Å²) < 4.78 is 0.599. The van der Waals surface area contributed by atoms with Gasteiger partial charge in [-0.1, -0.05) is 6.07 Å². The Labute approximate surface area is 107 Å². The third-order valence-electron chi connectivity index (χ3n) is 2.19. The Morgan fingerprint density at radius 3 is 2.82 bits per heavy atom. The minimum absolute atomic E-state index is 0.225. The first kappa shape index (κ1) is 11.6. The molecule has 1 heterocycles. The first-order valence-electron chi connectivity index (χ1n) is 4.94. The monoisotopic (exact) mass is 291 g/mol. The lowest BCUT2D eigenvalue weighted by molar-refractivity contribution is 0.102. The summed E-state index contributed by atoms with van der Waals surface area (Å²) in [6.45, 7) is 0. The van der Waals surface area contributed by atoms with Gasteiger partial charge in [0.25, 0.3) is 5.91 Å². The summed E-state index contributed by atoms with van der Waals surface area (Å²) >= 11 is 3.29. The van der Waals surface area contributed by atoms with Crippen LogP contribution in [0.3, 0.4) is 0 Å². The van der Waals surface area contributed by atoms with E-state index in [-0.39, 0.29) is 5.91 Å². The second-order valence-corrected chi connectivity index (χ2v) is 4.20. The Bertz CT molecular complexity index is 543. The van der Waals surface area contributed by atoms with E-state index in [0.717, 1.165) is 0 Å². The van der Waals surface area contributed by atoms with Crippen molar-refractivity contribution in [2.75, 3.05) is 11.1 Å². The number of rotatable bonds is 2. The highest BCUT2D eigenvalue weighted by Gasteiger charge is 2.11. The molecule has 2 aromatic rings. The molecule has 0 unspecified atom stereocenters. The molecule has 0 atom stereocenters. The van der Waals surface area contributed by atoms with Gasteiger partial charge in [0.05, 0.1) is 21.9 Å². The van der Waals surface area contributed by atoms with Crippen molar-refractivity contribution in [2.45, 2.75) is 0 Å². The van der Waals surface area contributed by atoms with Gasteiger partial charge in [0.15, 0.2) is 0 Å². The standard InChI is InChI=1S/C12H10BrN3O/c13-11-9(4-1-5-10(11)14)12(17)16-8-3-2-6-15-7-8/h1-7H,14H2,(H,16,17). The van der Waals surface area contributed by atoms with Crippen LogP contribution in [0.1, 0.15) is 10.4 Å². The lowest BCUT2D eigenvalue weighted by Gasteiger charge is -2.07. The van der Waals surface area contributed by atoms with E-state index >= 15 is 0 Å². The van der Waals surface area contributed by atoms with Crippen molar-refractivity contribution in [2.24, 2.45) is 0 Å². The maximum atomic E-state index is 12.0. The van der Waals surface area contributed by atoms with E-state index in [1.165, 1.54) is 0 Å². The van der Waals surface area contributed by atoms with Crippen LogP contribution >= 0.6 is 15.9 Å². The molecule has 1 amide bonds. The topological polar surface area (TPSA) is 68.0 Å². The van der Waals surface area contributed by atoms with Crippen molar-refractivity contribution >= 4 is 33.2 Å². The fraction of sp³-hybridized carbons (Fsp3) is 0. The molecule has 1 aromatic heterocycles. The van der Waals surface area contributed by atoms with Crippen LogP contribution in [0.15, 0.2) is 47.2 Å². The molecule has 0 aliphatic carbocycles. The number of pyridine rings is 1. The maximum Gasteiger partial charge on any atom is 0.256 e. The number of carbonyl (C=O) groups excluding carboxylic acids is 1. The summed E-state index contributed by atoms with van der Waals surface area (Å²) in [5.41, 5.74) is 7.38. The first-order chi connectivity index (χ1) is 8.18. The van der Waals surface area contributed by atoms with Crippen molar-refractivity contribution < 1.29 is 4.79 Å². The summed E-state index contributed by atoms with van der Waals surface area (Å²) in [7, 11) is 0. The van der Waals surface area contributed by atoms with Crippen LogP contribution in [0.5, 0.6) is 0 Å². The van der Waals surface area contributed by atoms with Crippen LogP contribution in [-0.2, 0) is 0 Å². The smallest absolute Gasteiger partial charge is 0.256 e. The predicted molar refractivity (Wildman–Crippen MR) is 70.7 cm³/mol. The van der Waals surface area contributed by atoms with Crippen molar-refractivity contribution in [3.05, 3.63) is 52.8 Å². The van der Waals surface area contributed by atoms with E-state index in [1.807, 2.05) is 0 Å². The number of hydrogen-bond acceptors (Lipinski definition) is 3. The lowest BCUT2D eigenvalue weighted by atomic mass is 10.2. The zero-order valence-electron chi connectivity index (χ0n) is 8.85. The average molecular weight is 292 g/mol. The zero-order valence-corrected chi connectivity index (χ0v) is 10.4. The summed E-state index contributed by atoms with van der Waals surface area (Å²) in [6.07, 6.45) is 3.23. The van der Waals surface area contributed by atoms with Crippen LogP contribution in [0.25, 0.3) is 0 Å². The third-order valence-corrected chi connectivity index (χ3v) is 3.08. The number of benzene rings is 1. The molecule has 0 saturated heterocycles. The van der Waals surface area contributed by atoms with E-state index in [1.54, 1.807) is 42.7 Å². The van der Waals surface area contributed by atoms with Crippen LogP contribution in [0.4, 0.5) is 11.4 Å². The van der Waals surface area contributed by atoms with Gasteiger partial charge in [-0.05, 0) is 40.2 Å². The highest BCUT2D eigenvalue weighted by Crippen LogP contribution is 2.24. The lowest BCUT2D eigenvalue weighted by Crippen LogP contribution is -2.13. The molecule has 1 aromatic carbocycles. The average Bonchev–Trinajstić information content (AvgIpc) is 2.34. The molecule has 0 aliphatic rings. The van der Waals surface area contributed by atoms with Gasteiger partial charge in [-0.2, -0.15) is 0 Å². The van der Waals surface area contributed by atoms with Crippen molar-refractivity contribution in [3.63, 3.8) is 0 Å². The zero-order chi connectivity index (χ0) is 12.3. The Morgan fingerprint density at radius 1 is 1.29 bits per heavy atom. The van der Waals surface area contributed by atoms with E-state index in [0.29, 0.717) is 21.4 Å². The van der Waals surface area contributed by atoms with Gasteiger partial charge in [0.2, 0.25) is 0 Å². The third kappa shape index (κ3) is 2.62. The van der Waals surface area contributed by atoms with E-state index < -0.39 is 0 Å². The molecule has 3 N–H and O–H groups in total. The van der Waals surface area contributed by atoms with Gasteiger partial charge in [-0.3, -0.25) is 9.78 Å². The van der Waals surface area contributed by atoms with Gasteiger partial charge >= 0.3 is 0 Å². The molecule has 0 aliphatic heterocycles. The summed E-state index contributed by atoms with van der Waals surface area (Å²) in [4.78, 5) is 15.9. The number of nitrogens with zero attached hydrogens (tertiary/aromatic N) is 1. The SMILES string of the molecule is Nc1cccc(C(=O)Nc2cccnc2)c1Br. The Morgan fingerprint density at radius 2 is 2.12 bits per heavy atom. The maximum absolute atomic E-state index is 12.0. The van der Waals surface area contributed by atoms with Crippen molar-refractivity contribution in [1.29, 1.82) is 0 Å². The van der Waals surface area contributed by atoms with Crippen LogP contribution < -0.4 is 11.1 Å². The fourth-order valence-electron chi connectivity index (χ4n) is 1.36. The largest absolute Gasteiger partial charge is 0.398 e. The molecule has 0 radical (unpaired) electrons. The van der Waals surface area contributed by atoms with E-state index in [2.05, 4.69) is 26.2 Å². The summed E-state index contributed by atoms with van der Waals surface area (Å²) in [6, 6.07) is 8.68.